The minimum atomic E-state index is -3.75. The lowest BCUT2D eigenvalue weighted by Gasteiger charge is -2.18. The summed E-state index contributed by atoms with van der Waals surface area (Å²) in [4.78, 5) is 22.8. The third-order valence-electron chi connectivity index (χ3n) is 5.19. The molecular weight excluding hydrogens is 390 g/mol. The normalized spacial score (nSPS) is 16.3. The Balaban J connectivity index is 1.94. The Kier molecular flexibility index (Phi) is 6.66. The second-order valence-corrected chi connectivity index (χ2v) is 9.22. The van der Waals surface area contributed by atoms with Gasteiger partial charge in [0.2, 0.25) is 0 Å². The summed E-state index contributed by atoms with van der Waals surface area (Å²) in [5.41, 5.74) is 2.06. The molecule has 29 heavy (non-hydrogen) atoms. The molecule has 0 N–H and O–H groups in total. The van der Waals surface area contributed by atoms with Crippen LogP contribution in [-0.4, -0.2) is 43.6 Å². The molecule has 8 heteroatoms. The van der Waals surface area contributed by atoms with Gasteiger partial charge in [-0.05, 0) is 61.7 Å². The molecule has 1 saturated carbocycles. The van der Waals surface area contributed by atoms with Gasteiger partial charge < -0.3 is 0 Å². The van der Waals surface area contributed by atoms with Crippen molar-refractivity contribution >= 4 is 15.9 Å². The van der Waals surface area contributed by atoms with Gasteiger partial charge >= 0.3 is 0 Å². The highest BCUT2D eigenvalue weighted by molar-refractivity contribution is 7.89. The smallest absolute Gasteiger partial charge is 0.264 e. The number of sulfonamides is 1. The second kappa shape index (κ2) is 9.02. The van der Waals surface area contributed by atoms with Crippen molar-refractivity contribution in [3.05, 3.63) is 59.2 Å². The predicted molar refractivity (Wildman–Crippen MR) is 110 cm³/mol. The average Bonchev–Trinajstić information content (AvgIpc) is 2.73. The summed E-state index contributed by atoms with van der Waals surface area (Å²) in [6.07, 6.45) is 7.39. The first-order valence-electron chi connectivity index (χ1n) is 9.74. The fourth-order valence-corrected chi connectivity index (χ4v) is 4.39. The SMILES string of the molecule is CON(C)S(=O)(=O)c1ccc(C(=O)n2ccc(C)cc2=NC2CCCCC2)cc1. The molecule has 0 aliphatic heterocycles. The zero-order valence-electron chi connectivity index (χ0n) is 17.0. The van der Waals surface area contributed by atoms with E-state index in [0.29, 0.717) is 11.1 Å². The van der Waals surface area contributed by atoms with Crippen molar-refractivity contribution < 1.29 is 18.0 Å². The van der Waals surface area contributed by atoms with Crippen molar-refractivity contribution in [3.63, 3.8) is 0 Å². The van der Waals surface area contributed by atoms with E-state index in [1.807, 2.05) is 19.1 Å². The first-order valence-corrected chi connectivity index (χ1v) is 11.2. The monoisotopic (exact) mass is 417 g/mol. The van der Waals surface area contributed by atoms with Crippen LogP contribution in [0.1, 0.15) is 48.0 Å². The van der Waals surface area contributed by atoms with Gasteiger partial charge in [-0.1, -0.05) is 23.7 Å². The molecule has 0 bridgehead atoms. The highest BCUT2D eigenvalue weighted by atomic mass is 32.2. The molecule has 2 aromatic rings. The van der Waals surface area contributed by atoms with Crippen molar-refractivity contribution in [1.29, 1.82) is 0 Å². The van der Waals surface area contributed by atoms with Crippen molar-refractivity contribution in [2.45, 2.75) is 50.0 Å². The van der Waals surface area contributed by atoms with Gasteiger partial charge in [-0.25, -0.2) is 8.42 Å². The van der Waals surface area contributed by atoms with Gasteiger partial charge in [-0.2, -0.15) is 0 Å². The quantitative estimate of drug-likeness (QED) is 0.701. The zero-order chi connectivity index (χ0) is 21.0. The Morgan fingerprint density at radius 3 is 2.41 bits per heavy atom. The molecule has 0 radical (unpaired) electrons. The lowest BCUT2D eigenvalue weighted by atomic mass is 9.96. The standard InChI is InChI=1S/C21H27N3O4S/c1-16-13-14-24(20(15-16)22-18-7-5-4-6-8-18)21(25)17-9-11-19(12-10-17)29(26,27)23(2)28-3/h9-15,18H,4-8H2,1-3H3. The van der Waals surface area contributed by atoms with Crippen molar-refractivity contribution in [2.75, 3.05) is 14.2 Å². The summed E-state index contributed by atoms with van der Waals surface area (Å²) in [5, 5.41) is 0. The van der Waals surface area contributed by atoms with Crippen LogP contribution in [0, 0.1) is 6.92 Å². The molecule has 0 atom stereocenters. The Morgan fingerprint density at radius 2 is 1.79 bits per heavy atom. The van der Waals surface area contributed by atoms with Gasteiger partial charge in [-0.15, -0.1) is 0 Å². The highest BCUT2D eigenvalue weighted by Crippen LogP contribution is 2.20. The molecule has 1 aliphatic carbocycles. The van der Waals surface area contributed by atoms with E-state index in [1.165, 1.54) is 62.3 Å². The van der Waals surface area contributed by atoms with E-state index < -0.39 is 10.0 Å². The maximum absolute atomic E-state index is 13.1. The number of hydroxylamine groups is 1. The van der Waals surface area contributed by atoms with Crippen LogP contribution < -0.4 is 5.49 Å². The molecule has 1 aliphatic rings. The van der Waals surface area contributed by atoms with Gasteiger partial charge in [0.25, 0.3) is 15.9 Å². The second-order valence-electron chi connectivity index (χ2n) is 7.28. The minimum absolute atomic E-state index is 0.0550. The minimum Gasteiger partial charge on any atom is -0.288 e. The van der Waals surface area contributed by atoms with Crippen LogP contribution in [0.25, 0.3) is 0 Å². The van der Waals surface area contributed by atoms with Gasteiger partial charge in [0.15, 0.2) is 0 Å². The van der Waals surface area contributed by atoms with E-state index in [1.54, 1.807) is 6.20 Å². The fraction of sp³-hybridized carbons (Fsp3) is 0.429. The molecule has 3 rings (SSSR count). The van der Waals surface area contributed by atoms with E-state index in [4.69, 9.17) is 9.83 Å². The first-order chi connectivity index (χ1) is 13.8. The first kappa shape index (κ1) is 21.4. The number of hydrogen-bond acceptors (Lipinski definition) is 5. The van der Waals surface area contributed by atoms with Crippen molar-refractivity contribution in [2.24, 2.45) is 4.99 Å². The summed E-state index contributed by atoms with van der Waals surface area (Å²) >= 11 is 0. The molecule has 1 fully saturated rings. The maximum atomic E-state index is 13.1. The number of rotatable bonds is 5. The summed E-state index contributed by atoms with van der Waals surface area (Å²) in [7, 11) is -1.16. The Hall–Kier alpha value is -2.29. The summed E-state index contributed by atoms with van der Waals surface area (Å²) < 4.78 is 27.0. The number of nitrogens with zero attached hydrogens (tertiary/aromatic N) is 3. The third kappa shape index (κ3) is 4.83. The number of hydrogen-bond donors (Lipinski definition) is 0. The number of carbonyl (C=O) groups is 1. The Labute approximate surface area is 171 Å². The molecule has 1 aromatic heterocycles. The van der Waals surface area contributed by atoms with Crippen LogP contribution in [0.2, 0.25) is 0 Å². The van der Waals surface area contributed by atoms with Gasteiger partial charge in [-0.3, -0.25) is 19.2 Å². The molecule has 156 valence electrons. The Morgan fingerprint density at radius 1 is 1.14 bits per heavy atom. The molecule has 0 unspecified atom stereocenters. The number of benzene rings is 1. The summed E-state index contributed by atoms with van der Waals surface area (Å²) in [5.74, 6) is -0.247. The summed E-state index contributed by atoms with van der Waals surface area (Å²) in [6.45, 7) is 1.97. The molecule has 0 amide bonds. The third-order valence-corrected chi connectivity index (χ3v) is 6.89. The van der Waals surface area contributed by atoms with Crippen LogP contribution in [-0.2, 0) is 14.9 Å². The van der Waals surface area contributed by atoms with E-state index in [-0.39, 0.29) is 16.8 Å². The van der Waals surface area contributed by atoms with Crippen molar-refractivity contribution in [1.82, 2.24) is 9.04 Å². The number of aryl methyl sites for hydroxylation is 1. The van der Waals surface area contributed by atoms with Gasteiger partial charge in [0.1, 0.15) is 5.49 Å². The number of carbonyl (C=O) groups excluding carboxylic acids is 1. The Bertz CT molecular complexity index is 1040. The molecule has 1 aromatic carbocycles. The van der Waals surface area contributed by atoms with E-state index in [9.17, 15) is 13.2 Å². The maximum Gasteiger partial charge on any atom is 0.264 e. The predicted octanol–water partition coefficient (Wildman–Crippen LogP) is 2.90. The van der Waals surface area contributed by atoms with Gasteiger partial charge in [0.05, 0.1) is 18.0 Å². The van der Waals surface area contributed by atoms with E-state index in [0.717, 1.165) is 22.9 Å². The van der Waals surface area contributed by atoms with E-state index >= 15 is 0 Å². The topological polar surface area (TPSA) is 81.0 Å². The molecular formula is C21H27N3O4S. The molecule has 0 saturated heterocycles. The fourth-order valence-electron chi connectivity index (χ4n) is 3.41. The van der Waals surface area contributed by atoms with E-state index in [2.05, 4.69) is 0 Å². The number of pyridine rings is 1. The van der Waals surface area contributed by atoms with Gasteiger partial charge in [0, 0.05) is 18.8 Å². The lowest BCUT2D eigenvalue weighted by molar-refractivity contribution is -0.0258. The molecule has 7 nitrogen and oxygen atoms in total. The lowest BCUT2D eigenvalue weighted by Crippen LogP contribution is -2.30. The molecule has 0 spiro atoms. The van der Waals surface area contributed by atoms with Crippen LogP contribution in [0.15, 0.2) is 52.5 Å². The molecule has 1 heterocycles. The zero-order valence-corrected chi connectivity index (χ0v) is 17.9. The van der Waals surface area contributed by atoms with Crippen LogP contribution >= 0.6 is 0 Å². The number of aromatic nitrogens is 1. The summed E-state index contributed by atoms with van der Waals surface area (Å²) in [6, 6.07) is 9.85. The largest absolute Gasteiger partial charge is 0.288 e. The highest BCUT2D eigenvalue weighted by Gasteiger charge is 2.21. The van der Waals surface area contributed by atoms with Crippen molar-refractivity contribution in [3.8, 4) is 0 Å². The van der Waals surface area contributed by atoms with Crippen LogP contribution in [0.3, 0.4) is 0 Å². The van der Waals surface area contributed by atoms with Crippen LogP contribution in [0.4, 0.5) is 0 Å². The van der Waals surface area contributed by atoms with Crippen LogP contribution in [0.5, 0.6) is 0 Å². The average molecular weight is 418 g/mol.